The monoisotopic (exact) mass is 1030 g/mol. The molecule has 10 aromatic rings. The standard InChI is InChI=1S/C74H76BN3O/c1-70(2,3)49-25-33-54(34-26-49)76(55-35-27-50(28-36-55)71(4,5)6)57-45-63(68-58-23-19-20-24-66(58)79-67(68)46-57)78-62-40-32-53(74(13,14)15)44-60(62)75-59-43-52(73(10,11)12)31-39-61(59)77(56-37-29-51(30-38-56)72(7,8)9)64-41-48(42-65(78)69(64)75)47-21-17-16-18-22-47/h16-46H,1-15H3. The van der Waals surface area contributed by atoms with E-state index >= 15 is 0 Å². The maximum Gasteiger partial charge on any atom is 0.252 e. The van der Waals surface area contributed by atoms with Gasteiger partial charge in [-0.1, -0.05) is 213 Å². The number of fused-ring (bicyclic) bond motifs is 7. The van der Waals surface area contributed by atoms with Gasteiger partial charge in [0, 0.05) is 51.3 Å². The van der Waals surface area contributed by atoms with Gasteiger partial charge in [-0.05, 0) is 155 Å². The molecule has 0 unspecified atom stereocenters. The quantitative estimate of drug-likeness (QED) is 0.155. The number of hydrogen-bond donors (Lipinski definition) is 0. The third-order valence-electron chi connectivity index (χ3n) is 16.8. The third-order valence-corrected chi connectivity index (χ3v) is 16.8. The van der Waals surface area contributed by atoms with Crippen LogP contribution in [0.4, 0.5) is 51.2 Å². The SMILES string of the molecule is CC(C)(C)c1ccc(N(c2ccc(C(C)(C)C)cc2)c2cc(N3c4ccc(C(C)(C)C)cc4B4c5cc(C(C)(C)C)ccc5N(c5ccc(C(C)(C)C)cc5)c5cc(-c6ccccc6)cc3c54)c3c(c2)oc2ccccc23)cc1. The number of para-hydroxylation sites is 1. The van der Waals surface area contributed by atoms with Crippen LogP contribution in [-0.4, -0.2) is 6.71 Å². The molecular formula is C74H76BN3O. The fourth-order valence-electron chi connectivity index (χ4n) is 12.2. The van der Waals surface area contributed by atoms with E-state index in [1.54, 1.807) is 0 Å². The Balaban J connectivity index is 1.22. The third kappa shape index (κ3) is 9.13. The predicted molar refractivity (Wildman–Crippen MR) is 341 cm³/mol. The Morgan fingerprint density at radius 3 is 1.29 bits per heavy atom. The van der Waals surface area contributed by atoms with Gasteiger partial charge in [0.05, 0.1) is 16.8 Å². The normalized spacial score (nSPS) is 13.7. The summed E-state index contributed by atoms with van der Waals surface area (Å²) in [5.74, 6) is 0. The number of nitrogens with zero attached hydrogens (tertiary/aromatic N) is 3. The number of furan rings is 1. The number of rotatable bonds is 6. The summed E-state index contributed by atoms with van der Waals surface area (Å²) in [5, 5.41) is 2.16. The van der Waals surface area contributed by atoms with Crippen molar-refractivity contribution in [1.29, 1.82) is 0 Å². The van der Waals surface area contributed by atoms with E-state index in [1.165, 1.54) is 61.1 Å². The molecule has 5 heteroatoms. The second kappa shape index (κ2) is 18.4. The van der Waals surface area contributed by atoms with Crippen LogP contribution in [0.25, 0.3) is 33.1 Å². The van der Waals surface area contributed by atoms with Gasteiger partial charge in [-0.3, -0.25) is 0 Å². The molecule has 2 aliphatic rings. The van der Waals surface area contributed by atoms with Crippen LogP contribution < -0.4 is 31.1 Å². The number of hydrogen-bond acceptors (Lipinski definition) is 4. The highest BCUT2D eigenvalue weighted by atomic mass is 16.3. The van der Waals surface area contributed by atoms with Crippen molar-refractivity contribution >= 4 is 96.2 Å². The molecule has 79 heavy (non-hydrogen) atoms. The molecule has 0 atom stereocenters. The van der Waals surface area contributed by atoms with Crippen LogP contribution in [0.5, 0.6) is 0 Å². The zero-order chi connectivity index (χ0) is 55.7. The Morgan fingerprint density at radius 1 is 0.342 bits per heavy atom. The second-order valence-corrected chi connectivity index (χ2v) is 27.6. The molecule has 0 N–H and O–H groups in total. The Kier molecular flexibility index (Phi) is 12.1. The predicted octanol–water partition coefficient (Wildman–Crippen LogP) is 19.3. The Labute approximate surface area is 470 Å². The molecule has 4 nitrogen and oxygen atoms in total. The molecule has 0 aliphatic carbocycles. The molecule has 2 aliphatic heterocycles. The molecule has 0 bridgehead atoms. The fraction of sp³-hybridized carbons (Fsp3) is 0.270. The largest absolute Gasteiger partial charge is 0.456 e. The van der Waals surface area contributed by atoms with Crippen LogP contribution in [0.2, 0.25) is 0 Å². The maximum atomic E-state index is 7.12. The van der Waals surface area contributed by atoms with Crippen molar-refractivity contribution in [1.82, 2.24) is 0 Å². The molecular weight excluding hydrogens is 958 g/mol. The molecule has 3 heterocycles. The summed E-state index contributed by atoms with van der Waals surface area (Å²) in [7, 11) is 0. The minimum atomic E-state index is -0.106. The lowest BCUT2D eigenvalue weighted by Gasteiger charge is -2.45. The highest BCUT2D eigenvalue weighted by Gasteiger charge is 2.45. The highest BCUT2D eigenvalue weighted by molar-refractivity contribution is 7.00. The van der Waals surface area contributed by atoms with Gasteiger partial charge < -0.3 is 19.1 Å². The van der Waals surface area contributed by atoms with Crippen LogP contribution in [0, 0.1) is 0 Å². The Bertz CT molecular complexity index is 3910. The van der Waals surface area contributed by atoms with E-state index in [4.69, 9.17) is 4.42 Å². The maximum absolute atomic E-state index is 7.12. The van der Waals surface area contributed by atoms with Crippen molar-refractivity contribution in [2.75, 3.05) is 14.7 Å². The second-order valence-electron chi connectivity index (χ2n) is 27.6. The van der Waals surface area contributed by atoms with E-state index in [0.29, 0.717) is 0 Å². The van der Waals surface area contributed by atoms with Crippen molar-refractivity contribution < 1.29 is 4.42 Å². The molecule has 0 saturated carbocycles. The molecule has 0 saturated heterocycles. The van der Waals surface area contributed by atoms with E-state index in [-0.39, 0.29) is 33.8 Å². The summed E-state index contributed by atoms with van der Waals surface area (Å²) in [4.78, 5) is 7.60. The van der Waals surface area contributed by atoms with Crippen LogP contribution in [0.15, 0.2) is 192 Å². The van der Waals surface area contributed by atoms with E-state index in [1.807, 2.05) is 0 Å². The smallest absolute Gasteiger partial charge is 0.252 e. The summed E-state index contributed by atoms with van der Waals surface area (Å²) < 4.78 is 7.12. The highest BCUT2D eigenvalue weighted by Crippen LogP contribution is 2.52. The van der Waals surface area contributed by atoms with Crippen LogP contribution in [0.1, 0.15) is 132 Å². The average Bonchev–Trinajstić information content (AvgIpc) is 3.75. The summed E-state index contributed by atoms with van der Waals surface area (Å²) >= 11 is 0. The van der Waals surface area contributed by atoms with Gasteiger partial charge in [-0.2, -0.15) is 0 Å². The first kappa shape index (κ1) is 52.0. The molecule has 1 aromatic heterocycles. The molecule has 0 fully saturated rings. The van der Waals surface area contributed by atoms with E-state index < -0.39 is 0 Å². The van der Waals surface area contributed by atoms with Crippen molar-refractivity contribution in [3.63, 3.8) is 0 Å². The lowest BCUT2D eigenvalue weighted by molar-refractivity contribution is 0.590. The molecule has 9 aromatic carbocycles. The van der Waals surface area contributed by atoms with Crippen molar-refractivity contribution in [3.8, 4) is 11.1 Å². The zero-order valence-corrected chi connectivity index (χ0v) is 49.2. The first-order valence-electron chi connectivity index (χ1n) is 28.5. The number of benzene rings is 9. The van der Waals surface area contributed by atoms with Gasteiger partial charge in [0.25, 0.3) is 6.71 Å². The molecule has 0 amide bonds. The fourth-order valence-corrected chi connectivity index (χ4v) is 12.2. The Morgan fingerprint density at radius 2 is 0.785 bits per heavy atom. The van der Waals surface area contributed by atoms with Gasteiger partial charge >= 0.3 is 0 Å². The minimum Gasteiger partial charge on any atom is -0.456 e. The van der Waals surface area contributed by atoms with E-state index in [9.17, 15) is 0 Å². The van der Waals surface area contributed by atoms with Gasteiger partial charge in [0.1, 0.15) is 11.2 Å². The first-order chi connectivity index (χ1) is 37.3. The van der Waals surface area contributed by atoms with Crippen LogP contribution in [0.3, 0.4) is 0 Å². The van der Waals surface area contributed by atoms with Gasteiger partial charge in [-0.25, -0.2) is 0 Å². The summed E-state index contributed by atoms with van der Waals surface area (Å²) in [6.07, 6.45) is 0. The Hall–Kier alpha value is -7.76. The van der Waals surface area contributed by atoms with Crippen LogP contribution >= 0.6 is 0 Å². The van der Waals surface area contributed by atoms with Crippen molar-refractivity contribution in [3.05, 3.63) is 216 Å². The lowest BCUT2D eigenvalue weighted by atomic mass is 9.33. The summed E-state index contributed by atoms with van der Waals surface area (Å²) in [6.45, 7) is 34.6. The molecule has 12 rings (SSSR count). The lowest BCUT2D eigenvalue weighted by Crippen LogP contribution is -2.61. The topological polar surface area (TPSA) is 22.9 Å². The summed E-state index contributed by atoms with van der Waals surface area (Å²) in [6, 6.07) is 71.6. The minimum absolute atomic E-state index is 0.00184. The molecule has 0 radical (unpaired) electrons. The van der Waals surface area contributed by atoms with Gasteiger partial charge in [0.2, 0.25) is 0 Å². The average molecular weight is 1030 g/mol. The number of anilines is 9. The van der Waals surface area contributed by atoms with Gasteiger partial charge in [-0.15, -0.1) is 0 Å². The van der Waals surface area contributed by atoms with Crippen molar-refractivity contribution in [2.45, 2.75) is 131 Å². The van der Waals surface area contributed by atoms with Gasteiger partial charge in [0.15, 0.2) is 0 Å². The molecule has 396 valence electrons. The van der Waals surface area contributed by atoms with E-state index in [2.05, 4.69) is 307 Å². The first-order valence-corrected chi connectivity index (χ1v) is 28.5. The summed E-state index contributed by atoms with van der Waals surface area (Å²) in [5.41, 5.74) is 24.3. The van der Waals surface area contributed by atoms with E-state index in [0.717, 1.165) is 67.3 Å². The molecule has 0 spiro atoms. The zero-order valence-electron chi connectivity index (χ0n) is 49.2. The van der Waals surface area contributed by atoms with Crippen LogP contribution in [-0.2, 0) is 27.1 Å². The van der Waals surface area contributed by atoms with Crippen molar-refractivity contribution in [2.24, 2.45) is 0 Å².